The molecule has 20 heavy (non-hydrogen) atoms. The van der Waals surface area contributed by atoms with Crippen molar-refractivity contribution in [2.45, 2.75) is 18.9 Å². The third-order valence-corrected chi connectivity index (χ3v) is 4.40. The number of nitrogens with one attached hydrogen (secondary N) is 1. The number of benzene rings is 1. The Balaban J connectivity index is 1.68. The molecule has 5 heteroatoms. The third-order valence-electron chi connectivity index (χ3n) is 4.40. The predicted octanol–water partition coefficient (Wildman–Crippen LogP) is 2.38. The quantitative estimate of drug-likeness (QED) is 0.855. The van der Waals surface area contributed by atoms with E-state index in [1.54, 1.807) is 12.1 Å². The second-order valence-electron chi connectivity index (χ2n) is 5.80. The SMILES string of the molecule is CN1CCC2CCN(C(=O)Nc3cccc(F)c3)C2C1. The number of amides is 2. The number of nitrogens with zero attached hydrogens (tertiary/aromatic N) is 2. The van der Waals surface area contributed by atoms with Gasteiger partial charge in [0, 0.05) is 24.8 Å². The zero-order valence-corrected chi connectivity index (χ0v) is 11.7. The molecular weight excluding hydrogens is 257 g/mol. The maximum atomic E-state index is 13.1. The zero-order chi connectivity index (χ0) is 14.1. The van der Waals surface area contributed by atoms with Crippen LogP contribution in [-0.4, -0.2) is 48.6 Å². The van der Waals surface area contributed by atoms with Gasteiger partial charge in [0.25, 0.3) is 0 Å². The topological polar surface area (TPSA) is 35.6 Å². The molecule has 2 saturated heterocycles. The maximum absolute atomic E-state index is 13.1. The number of likely N-dealkylation sites (tertiary alicyclic amines) is 2. The smallest absolute Gasteiger partial charge is 0.320 e. The van der Waals surface area contributed by atoms with Gasteiger partial charge < -0.3 is 15.1 Å². The van der Waals surface area contributed by atoms with Crippen molar-refractivity contribution in [1.29, 1.82) is 0 Å². The minimum atomic E-state index is -0.334. The van der Waals surface area contributed by atoms with Crippen LogP contribution < -0.4 is 5.32 Å². The number of hydrogen-bond donors (Lipinski definition) is 1. The lowest BCUT2D eigenvalue weighted by atomic mass is 9.92. The first kappa shape index (κ1) is 13.4. The second-order valence-corrected chi connectivity index (χ2v) is 5.80. The van der Waals surface area contributed by atoms with Crippen molar-refractivity contribution in [3.8, 4) is 0 Å². The van der Waals surface area contributed by atoms with Gasteiger partial charge >= 0.3 is 6.03 Å². The number of carbonyl (C=O) groups excluding carboxylic acids is 1. The molecule has 2 atom stereocenters. The first-order valence-electron chi connectivity index (χ1n) is 7.15. The molecule has 2 heterocycles. The summed E-state index contributed by atoms with van der Waals surface area (Å²) in [5.74, 6) is 0.281. The van der Waals surface area contributed by atoms with Crippen molar-refractivity contribution in [3.05, 3.63) is 30.1 Å². The van der Waals surface area contributed by atoms with Gasteiger partial charge in [-0.3, -0.25) is 0 Å². The van der Waals surface area contributed by atoms with Crippen LogP contribution in [0.4, 0.5) is 14.9 Å². The van der Waals surface area contributed by atoms with Crippen molar-refractivity contribution in [2.24, 2.45) is 5.92 Å². The van der Waals surface area contributed by atoms with Gasteiger partial charge in [-0.2, -0.15) is 0 Å². The van der Waals surface area contributed by atoms with Crippen molar-refractivity contribution in [2.75, 3.05) is 32.0 Å². The van der Waals surface area contributed by atoms with E-state index in [-0.39, 0.29) is 11.8 Å². The lowest BCUT2D eigenvalue weighted by Crippen LogP contribution is -2.49. The van der Waals surface area contributed by atoms with Gasteiger partial charge in [-0.1, -0.05) is 6.07 Å². The Morgan fingerprint density at radius 3 is 2.95 bits per heavy atom. The van der Waals surface area contributed by atoms with E-state index in [0.717, 1.165) is 32.5 Å². The molecule has 4 nitrogen and oxygen atoms in total. The maximum Gasteiger partial charge on any atom is 0.322 e. The van der Waals surface area contributed by atoms with Crippen molar-refractivity contribution in [3.63, 3.8) is 0 Å². The molecule has 2 aliphatic rings. The Kier molecular flexibility index (Phi) is 3.61. The minimum absolute atomic E-state index is 0.113. The van der Waals surface area contributed by atoms with E-state index >= 15 is 0 Å². The number of fused-ring (bicyclic) bond motifs is 1. The molecule has 2 aliphatic heterocycles. The van der Waals surface area contributed by atoms with Crippen LogP contribution in [0.2, 0.25) is 0 Å². The van der Waals surface area contributed by atoms with E-state index in [0.29, 0.717) is 17.6 Å². The van der Waals surface area contributed by atoms with E-state index < -0.39 is 0 Å². The summed E-state index contributed by atoms with van der Waals surface area (Å²) in [5.41, 5.74) is 0.516. The summed E-state index contributed by atoms with van der Waals surface area (Å²) in [6, 6.07) is 6.21. The van der Waals surface area contributed by atoms with Crippen LogP contribution in [0.3, 0.4) is 0 Å². The molecule has 1 N–H and O–H groups in total. The van der Waals surface area contributed by atoms with E-state index in [1.165, 1.54) is 12.1 Å². The number of carbonyl (C=O) groups is 1. The standard InChI is InChI=1S/C15H20FN3O/c1-18-7-5-11-6-8-19(14(11)10-18)15(20)17-13-4-2-3-12(16)9-13/h2-4,9,11,14H,5-8,10H2,1H3,(H,17,20). The van der Waals surface area contributed by atoms with Crippen molar-refractivity contribution in [1.82, 2.24) is 9.80 Å². The Hall–Kier alpha value is -1.62. The normalized spacial score (nSPS) is 26.4. The number of urea groups is 1. The molecule has 0 saturated carbocycles. The van der Waals surface area contributed by atoms with Crippen molar-refractivity contribution < 1.29 is 9.18 Å². The second kappa shape index (κ2) is 5.40. The molecule has 2 amide bonds. The molecule has 0 aliphatic carbocycles. The number of anilines is 1. The minimum Gasteiger partial charge on any atom is -0.320 e. The number of rotatable bonds is 1. The Bertz CT molecular complexity index is 508. The Morgan fingerprint density at radius 2 is 2.15 bits per heavy atom. The molecule has 2 unspecified atom stereocenters. The number of halogens is 1. The first-order valence-corrected chi connectivity index (χ1v) is 7.15. The van der Waals surface area contributed by atoms with Crippen LogP contribution >= 0.6 is 0 Å². The fourth-order valence-corrected chi connectivity index (χ4v) is 3.31. The van der Waals surface area contributed by atoms with Gasteiger partial charge in [0.1, 0.15) is 5.82 Å². The Morgan fingerprint density at radius 1 is 1.35 bits per heavy atom. The highest BCUT2D eigenvalue weighted by Crippen LogP contribution is 2.31. The van der Waals surface area contributed by atoms with Crippen LogP contribution in [0.5, 0.6) is 0 Å². The molecule has 1 aromatic rings. The fourth-order valence-electron chi connectivity index (χ4n) is 3.31. The van der Waals surface area contributed by atoms with Gasteiger partial charge in [0.15, 0.2) is 0 Å². The van der Waals surface area contributed by atoms with Gasteiger partial charge in [-0.05, 0) is 50.6 Å². The summed E-state index contributed by atoms with van der Waals surface area (Å²) >= 11 is 0. The lowest BCUT2D eigenvalue weighted by molar-refractivity contribution is 0.137. The monoisotopic (exact) mass is 277 g/mol. The van der Waals surface area contributed by atoms with Crippen LogP contribution in [0.1, 0.15) is 12.8 Å². The van der Waals surface area contributed by atoms with E-state index in [9.17, 15) is 9.18 Å². The molecule has 1 aromatic carbocycles. The molecule has 0 radical (unpaired) electrons. The van der Waals surface area contributed by atoms with Gasteiger partial charge in [-0.25, -0.2) is 9.18 Å². The van der Waals surface area contributed by atoms with E-state index in [2.05, 4.69) is 17.3 Å². The lowest BCUT2D eigenvalue weighted by Gasteiger charge is -2.36. The highest BCUT2D eigenvalue weighted by Gasteiger charge is 2.39. The van der Waals surface area contributed by atoms with Gasteiger partial charge in [-0.15, -0.1) is 0 Å². The molecular formula is C15H20FN3O. The largest absolute Gasteiger partial charge is 0.322 e. The van der Waals surface area contributed by atoms with Gasteiger partial charge in [0.2, 0.25) is 0 Å². The summed E-state index contributed by atoms with van der Waals surface area (Å²) in [7, 11) is 2.09. The average molecular weight is 277 g/mol. The number of hydrogen-bond acceptors (Lipinski definition) is 2. The van der Waals surface area contributed by atoms with Gasteiger partial charge in [0.05, 0.1) is 0 Å². The molecule has 0 bridgehead atoms. The molecule has 0 spiro atoms. The van der Waals surface area contributed by atoms with Crippen LogP contribution in [0.15, 0.2) is 24.3 Å². The molecule has 3 rings (SSSR count). The number of likely N-dealkylation sites (N-methyl/N-ethyl adjacent to an activating group) is 1. The highest BCUT2D eigenvalue weighted by atomic mass is 19.1. The average Bonchev–Trinajstić information content (AvgIpc) is 2.81. The van der Waals surface area contributed by atoms with E-state index in [1.807, 2.05) is 4.90 Å². The summed E-state index contributed by atoms with van der Waals surface area (Å²) in [6.07, 6.45) is 2.24. The Labute approximate surface area is 118 Å². The molecule has 2 fully saturated rings. The van der Waals surface area contributed by atoms with Crippen LogP contribution in [-0.2, 0) is 0 Å². The van der Waals surface area contributed by atoms with Crippen LogP contribution in [0, 0.1) is 11.7 Å². The highest BCUT2D eigenvalue weighted by molar-refractivity contribution is 5.89. The summed E-state index contributed by atoms with van der Waals surface area (Å²) in [4.78, 5) is 16.5. The molecule has 0 aromatic heterocycles. The predicted molar refractivity (Wildman–Crippen MR) is 76.1 cm³/mol. The molecule has 108 valence electrons. The first-order chi connectivity index (χ1) is 9.63. The number of piperidine rings is 1. The van der Waals surface area contributed by atoms with Crippen LogP contribution in [0.25, 0.3) is 0 Å². The van der Waals surface area contributed by atoms with E-state index in [4.69, 9.17) is 0 Å². The fraction of sp³-hybridized carbons (Fsp3) is 0.533. The summed E-state index contributed by atoms with van der Waals surface area (Å²) < 4.78 is 13.1. The summed E-state index contributed by atoms with van der Waals surface area (Å²) in [5, 5.41) is 2.80. The summed E-state index contributed by atoms with van der Waals surface area (Å²) in [6.45, 7) is 2.84. The zero-order valence-electron chi connectivity index (χ0n) is 11.7. The van der Waals surface area contributed by atoms with Crippen molar-refractivity contribution >= 4 is 11.7 Å². The third kappa shape index (κ3) is 2.63.